The number of ether oxygens (including phenoxy) is 1. The average Bonchev–Trinajstić information content (AvgIpc) is 2.33. The smallest absolute Gasteiger partial charge is 0.224 e. The van der Waals surface area contributed by atoms with Gasteiger partial charge in [0.15, 0.2) is 0 Å². The first-order chi connectivity index (χ1) is 8.24. The van der Waals surface area contributed by atoms with Crippen LogP contribution in [0, 0.1) is 11.8 Å². The van der Waals surface area contributed by atoms with E-state index in [1.165, 1.54) is 0 Å². The summed E-state index contributed by atoms with van der Waals surface area (Å²) in [4.78, 5) is 11.8. The summed E-state index contributed by atoms with van der Waals surface area (Å²) in [5.74, 6) is 0.947. The molecule has 100 valence electrons. The normalized spacial score (nSPS) is 24.6. The molecule has 1 aliphatic rings. The van der Waals surface area contributed by atoms with E-state index < -0.39 is 0 Å². The summed E-state index contributed by atoms with van der Waals surface area (Å²) in [5, 5.41) is 6.29. The molecule has 17 heavy (non-hydrogen) atoms. The third-order valence-corrected chi connectivity index (χ3v) is 3.05. The fraction of sp³-hybridized carbons (Fsp3) is 0.923. The molecular formula is C13H26N2O2. The Bertz CT molecular complexity index is 221. The van der Waals surface area contributed by atoms with Gasteiger partial charge in [0.1, 0.15) is 0 Å². The van der Waals surface area contributed by atoms with Crippen LogP contribution in [-0.4, -0.2) is 38.8 Å². The highest BCUT2D eigenvalue weighted by atomic mass is 16.5. The molecule has 0 spiro atoms. The molecule has 2 unspecified atom stereocenters. The van der Waals surface area contributed by atoms with Crippen molar-refractivity contribution in [1.82, 2.24) is 10.6 Å². The number of carbonyl (C=O) groups excluding carboxylic acids is 1. The molecule has 1 heterocycles. The number of hydrogen-bond donors (Lipinski definition) is 2. The van der Waals surface area contributed by atoms with Crippen LogP contribution in [0.4, 0.5) is 0 Å². The number of rotatable bonds is 7. The zero-order valence-corrected chi connectivity index (χ0v) is 11.1. The van der Waals surface area contributed by atoms with Crippen molar-refractivity contribution in [2.24, 2.45) is 11.8 Å². The SMILES string of the molecule is CCCOCCCNC(=O)C1CNCC(C)C1. The number of carbonyl (C=O) groups is 1. The fourth-order valence-electron chi connectivity index (χ4n) is 2.13. The summed E-state index contributed by atoms with van der Waals surface area (Å²) < 4.78 is 5.36. The van der Waals surface area contributed by atoms with E-state index in [1.54, 1.807) is 0 Å². The summed E-state index contributed by atoms with van der Waals surface area (Å²) in [6.45, 7) is 8.43. The molecule has 0 radical (unpaired) electrons. The highest BCUT2D eigenvalue weighted by Crippen LogP contribution is 2.15. The highest BCUT2D eigenvalue weighted by Gasteiger charge is 2.24. The maximum Gasteiger partial charge on any atom is 0.224 e. The number of nitrogens with one attached hydrogen (secondary N) is 2. The lowest BCUT2D eigenvalue weighted by atomic mass is 9.91. The quantitative estimate of drug-likeness (QED) is 0.659. The molecule has 2 atom stereocenters. The predicted molar refractivity (Wildman–Crippen MR) is 68.9 cm³/mol. The lowest BCUT2D eigenvalue weighted by Gasteiger charge is -2.26. The molecule has 2 N–H and O–H groups in total. The van der Waals surface area contributed by atoms with Gasteiger partial charge in [-0.3, -0.25) is 4.79 Å². The second kappa shape index (κ2) is 8.48. The molecule has 0 aromatic carbocycles. The van der Waals surface area contributed by atoms with E-state index >= 15 is 0 Å². The molecule has 0 aromatic rings. The second-order valence-electron chi connectivity index (χ2n) is 4.95. The maximum absolute atomic E-state index is 11.8. The molecule has 4 heteroatoms. The van der Waals surface area contributed by atoms with Gasteiger partial charge in [-0.25, -0.2) is 0 Å². The summed E-state index contributed by atoms with van der Waals surface area (Å²) >= 11 is 0. The summed E-state index contributed by atoms with van der Waals surface area (Å²) in [6, 6.07) is 0. The van der Waals surface area contributed by atoms with Crippen LogP contribution in [0.25, 0.3) is 0 Å². The first-order valence-electron chi connectivity index (χ1n) is 6.80. The Hall–Kier alpha value is -0.610. The van der Waals surface area contributed by atoms with Crippen molar-refractivity contribution in [3.8, 4) is 0 Å². The van der Waals surface area contributed by atoms with Gasteiger partial charge in [-0.05, 0) is 31.7 Å². The van der Waals surface area contributed by atoms with E-state index in [9.17, 15) is 4.79 Å². The van der Waals surface area contributed by atoms with Crippen LogP contribution in [0.1, 0.15) is 33.1 Å². The minimum absolute atomic E-state index is 0.148. The van der Waals surface area contributed by atoms with E-state index in [1.807, 2.05) is 0 Å². The summed E-state index contributed by atoms with van der Waals surface area (Å²) in [5.41, 5.74) is 0. The van der Waals surface area contributed by atoms with E-state index in [-0.39, 0.29) is 11.8 Å². The van der Waals surface area contributed by atoms with Crippen LogP contribution in [0.3, 0.4) is 0 Å². The maximum atomic E-state index is 11.8. The first kappa shape index (κ1) is 14.5. The van der Waals surface area contributed by atoms with Gasteiger partial charge < -0.3 is 15.4 Å². The zero-order chi connectivity index (χ0) is 12.5. The minimum atomic E-state index is 0.148. The molecule has 4 nitrogen and oxygen atoms in total. The Morgan fingerprint density at radius 2 is 2.24 bits per heavy atom. The Labute approximate surface area is 104 Å². The molecular weight excluding hydrogens is 216 g/mol. The van der Waals surface area contributed by atoms with Crippen LogP contribution < -0.4 is 10.6 Å². The monoisotopic (exact) mass is 242 g/mol. The minimum Gasteiger partial charge on any atom is -0.381 e. The van der Waals surface area contributed by atoms with E-state index in [2.05, 4.69) is 24.5 Å². The van der Waals surface area contributed by atoms with Crippen molar-refractivity contribution in [3.05, 3.63) is 0 Å². The lowest BCUT2D eigenvalue weighted by molar-refractivity contribution is -0.125. The average molecular weight is 242 g/mol. The molecule has 0 aliphatic carbocycles. The lowest BCUT2D eigenvalue weighted by Crippen LogP contribution is -2.43. The number of piperidine rings is 1. The predicted octanol–water partition coefficient (Wildman–Crippen LogP) is 1.16. The van der Waals surface area contributed by atoms with Gasteiger partial charge in [-0.15, -0.1) is 0 Å². The standard InChI is InChI=1S/C13H26N2O2/c1-3-6-17-7-4-5-15-13(16)12-8-11(2)9-14-10-12/h11-12,14H,3-10H2,1-2H3,(H,15,16). The Morgan fingerprint density at radius 3 is 2.94 bits per heavy atom. The summed E-state index contributed by atoms with van der Waals surface area (Å²) in [7, 11) is 0. The molecule has 0 bridgehead atoms. The van der Waals surface area contributed by atoms with Crippen molar-refractivity contribution in [1.29, 1.82) is 0 Å². The summed E-state index contributed by atoms with van der Waals surface area (Å²) in [6.07, 6.45) is 2.96. The van der Waals surface area contributed by atoms with E-state index in [0.717, 1.165) is 52.1 Å². The van der Waals surface area contributed by atoms with Gasteiger partial charge in [-0.2, -0.15) is 0 Å². The molecule has 1 amide bonds. The van der Waals surface area contributed by atoms with E-state index in [0.29, 0.717) is 5.92 Å². The van der Waals surface area contributed by atoms with Crippen molar-refractivity contribution in [2.75, 3.05) is 32.8 Å². The largest absolute Gasteiger partial charge is 0.381 e. The van der Waals surface area contributed by atoms with Crippen molar-refractivity contribution < 1.29 is 9.53 Å². The molecule has 1 rings (SSSR count). The Balaban J connectivity index is 2.04. The molecule has 1 saturated heterocycles. The van der Waals surface area contributed by atoms with Crippen LogP contribution in [0.15, 0.2) is 0 Å². The van der Waals surface area contributed by atoms with Gasteiger partial charge in [-0.1, -0.05) is 13.8 Å². The zero-order valence-electron chi connectivity index (χ0n) is 11.1. The van der Waals surface area contributed by atoms with Gasteiger partial charge in [0, 0.05) is 26.3 Å². The number of hydrogen-bond acceptors (Lipinski definition) is 3. The third kappa shape index (κ3) is 6.03. The van der Waals surface area contributed by atoms with Gasteiger partial charge >= 0.3 is 0 Å². The molecule has 0 aromatic heterocycles. The molecule has 1 aliphatic heterocycles. The van der Waals surface area contributed by atoms with Crippen LogP contribution in [0.2, 0.25) is 0 Å². The topological polar surface area (TPSA) is 50.4 Å². The first-order valence-corrected chi connectivity index (χ1v) is 6.80. The highest BCUT2D eigenvalue weighted by molar-refractivity contribution is 5.78. The van der Waals surface area contributed by atoms with Crippen molar-refractivity contribution >= 4 is 5.91 Å². The Kier molecular flexibility index (Phi) is 7.21. The van der Waals surface area contributed by atoms with Crippen molar-refractivity contribution in [2.45, 2.75) is 33.1 Å². The Morgan fingerprint density at radius 1 is 1.41 bits per heavy atom. The van der Waals surface area contributed by atoms with Crippen molar-refractivity contribution in [3.63, 3.8) is 0 Å². The van der Waals surface area contributed by atoms with Crippen LogP contribution in [0.5, 0.6) is 0 Å². The van der Waals surface area contributed by atoms with E-state index in [4.69, 9.17) is 4.74 Å². The van der Waals surface area contributed by atoms with Gasteiger partial charge in [0.2, 0.25) is 5.91 Å². The molecule has 1 fully saturated rings. The third-order valence-electron chi connectivity index (χ3n) is 3.05. The molecule has 0 saturated carbocycles. The number of amides is 1. The van der Waals surface area contributed by atoms with Crippen LogP contribution >= 0.6 is 0 Å². The second-order valence-corrected chi connectivity index (χ2v) is 4.95. The fourth-order valence-corrected chi connectivity index (χ4v) is 2.13. The van der Waals surface area contributed by atoms with Gasteiger partial charge in [0.05, 0.1) is 5.92 Å². The van der Waals surface area contributed by atoms with Gasteiger partial charge in [0.25, 0.3) is 0 Å². The van der Waals surface area contributed by atoms with Crippen LogP contribution in [-0.2, 0) is 9.53 Å².